The fourth-order valence-electron chi connectivity index (χ4n) is 3.01. The highest BCUT2D eigenvalue weighted by Gasteiger charge is 2.50. The van der Waals surface area contributed by atoms with E-state index < -0.39 is 24.1 Å². The lowest BCUT2D eigenvalue weighted by Gasteiger charge is -2.39. The van der Waals surface area contributed by atoms with Gasteiger partial charge in [-0.1, -0.05) is 23.7 Å². The molecule has 1 unspecified atom stereocenters. The van der Waals surface area contributed by atoms with E-state index in [0.29, 0.717) is 16.7 Å². The van der Waals surface area contributed by atoms with E-state index >= 15 is 0 Å². The monoisotopic (exact) mass is 408 g/mol. The summed E-state index contributed by atoms with van der Waals surface area (Å²) >= 11 is 5.94. The van der Waals surface area contributed by atoms with Gasteiger partial charge < -0.3 is 14.7 Å². The first-order valence-electron chi connectivity index (χ1n) is 7.93. The van der Waals surface area contributed by atoms with Crippen molar-refractivity contribution in [2.75, 3.05) is 4.90 Å². The molecule has 2 aromatic carbocycles. The Bertz CT molecular complexity index is 981. The Morgan fingerprint density at radius 1 is 1.25 bits per heavy atom. The Morgan fingerprint density at radius 3 is 2.50 bits per heavy atom. The SMILES string of the molecule is N#Cc1ccc(CN2c3ccc(Cl)cc3C=C(OC(=O)O)C2C(F)(F)F)cc1. The molecule has 0 radical (unpaired) electrons. The van der Waals surface area contributed by atoms with Gasteiger partial charge in [0.05, 0.1) is 11.6 Å². The second kappa shape index (κ2) is 7.44. The van der Waals surface area contributed by atoms with Crippen LogP contribution < -0.4 is 4.90 Å². The van der Waals surface area contributed by atoms with Crippen molar-refractivity contribution in [3.8, 4) is 6.07 Å². The zero-order chi connectivity index (χ0) is 20.5. The second-order valence-electron chi connectivity index (χ2n) is 6.00. The van der Waals surface area contributed by atoms with Crippen LogP contribution in [-0.4, -0.2) is 23.5 Å². The molecular formula is C19H12ClF3N2O3. The average molecular weight is 409 g/mol. The van der Waals surface area contributed by atoms with Crippen LogP contribution in [-0.2, 0) is 11.3 Å². The number of carbonyl (C=O) groups is 1. The van der Waals surface area contributed by atoms with Crippen LogP contribution in [0, 0.1) is 11.3 Å². The van der Waals surface area contributed by atoms with Crippen molar-refractivity contribution >= 4 is 29.5 Å². The van der Waals surface area contributed by atoms with Gasteiger partial charge in [-0.3, -0.25) is 0 Å². The van der Waals surface area contributed by atoms with Crippen molar-refractivity contribution < 1.29 is 27.8 Å². The van der Waals surface area contributed by atoms with E-state index in [9.17, 15) is 18.0 Å². The molecule has 1 atom stereocenters. The molecule has 1 aliphatic rings. The van der Waals surface area contributed by atoms with Crippen LogP contribution in [0.5, 0.6) is 0 Å². The van der Waals surface area contributed by atoms with Gasteiger partial charge in [-0.05, 0) is 42.0 Å². The first-order valence-corrected chi connectivity index (χ1v) is 8.31. The van der Waals surface area contributed by atoms with Crippen molar-refractivity contribution in [2.24, 2.45) is 0 Å². The maximum absolute atomic E-state index is 13.9. The summed E-state index contributed by atoms with van der Waals surface area (Å²) in [6.45, 7) is -0.190. The number of alkyl halides is 3. The lowest BCUT2D eigenvalue weighted by molar-refractivity contribution is -0.147. The van der Waals surface area contributed by atoms with Crippen molar-refractivity contribution in [1.82, 2.24) is 0 Å². The quantitative estimate of drug-likeness (QED) is 0.707. The Hall–Kier alpha value is -3.18. The van der Waals surface area contributed by atoms with Gasteiger partial charge in [0.1, 0.15) is 5.76 Å². The molecule has 0 aromatic heterocycles. The molecule has 1 N–H and O–H groups in total. The van der Waals surface area contributed by atoms with Crippen LogP contribution in [0.3, 0.4) is 0 Å². The van der Waals surface area contributed by atoms with Crippen LogP contribution in [0.25, 0.3) is 6.08 Å². The molecule has 9 heteroatoms. The van der Waals surface area contributed by atoms with E-state index in [0.717, 1.165) is 11.0 Å². The molecule has 0 aliphatic carbocycles. The predicted octanol–water partition coefficient (Wildman–Crippen LogP) is 5.20. The molecular weight excluding hydrogens is 397 g/mol. The fraction of sp³-hybridized carbons (Fsp3) is 0.158. The average Bonchev–Trinajstić information content (AvgIpc) is 2.60. The summed E-state index contributed by atoms with van der Waals surface area (Å²) in [4.78, 5) is 12.0. The smallest absolute Gasteiger partial charge is 0.449 e. The minimum atomic E-state index is -4.80. The number of hydrogen-bond donors (Lipinski definition) is 1. The van der Waals surface area contributed by atoms with Gasteiger partial charge in [0.25, 0.3) is 0 Å². The molecule has 1 aliphatic heterocycles. The summed E-state index contributed by atoms with van der Waals surface area (Å²) in [5, 5.41) is 18.0. The molecule has 0 spiro atoms. The third-order valence-corrected chi connectivity index (χ3v) is 4.36. The summed E-state index contributed by atoms with van der Waals surface area (Å²) in [5.74, 6) is -0.761. The van der Waals surface area contributed by atoms with Gasteiger partial charge in [0, 0.05) is 22.8 Å². The van der Waals surface area contributed by atoms with Crippen LogP contribution in [0.15, 0.2) is 48.2 Å². The third-order valence-electron chi connectivity index (χ3n) is 4.13. The summed E-state index contributed by atoms with van der Waals surface area (Å²) < 4.78 is 46.0. The van der Waals surface area contributed by atoms with E-state index in [1.165, 1.54) is 42.5 Å². The second-order valence-corrected chi connectivity index (χ2v) is 6.44. The number of hydrogen-bond acceptors (Lipinski definition) is 4. The number of ether oxygens (including phenoxy) is 1. The van der Waals surface area contributed by atoms with Crippen LogP contribution in [0.2, 0.25) is 5.02 Å². The Balaban J connectivity index is 2.11. The van der Waals surface area contributed by atoms with Crippen LogP contribution in [0.1, 0.15) is 16.7 Å². The molecule has 0 saturated carbocycles. The molecule has 0 saturated heterocycles. The highest BCUT2D eigenvalue weighted by atomic mass is 35.5. The molecule has 0 fully saturated rings. The molecule has 0 bridgehead atoms. The zero-order valence-corrected chi connectivity index (χ0v) is 14.8. The molecule has 1 heterocycles. The number of fused-ring (bicyclic) bond motifs is 1. The standard InChI is InChI=1S/C19H12ClF3N2O3/c20-14-5-6-15-13(7-14)8-16(28-18(26)27)17(19(21,22)23)25(15)10-12-3-1-11(9-24)2-4-12/h1-8,17H,10H2,(H,26,27). The zero-order valence-electron chi connectivity index (χ0n) is 14.1. The van der Waals surface area contributed by atoms with Crippen LogP contribution >= 0.6 is 11.6 Å². The minimum absolute atomic E-state index is 0.190. The number of carboxylic acid groups (broad SMARTS) is 1. The summed E-state index contributed by atoms with van der Waals surface area (Å²) in [6.07, 6.45) is -5.61. The first kappa shape index (κ1) is 19.6. The van der Waals surface area contributed by atoms with Crippen LogP contribution in [0.4, 0.5) is 23.7 Å². The molecule has 0 amide bonds. The van der Waals surface area contributed by atoms with Crippen molar-refractivity contribution in [3.05, 3.63) is 69.9 Å². The maximum Gasteiger partial charge on any atom is 0.511 e. The number of rotatable bonds is 3. The molecule has 5 nitrogen and oxygen atoms in total. The lowest BCUT2D eigenvalue weighted by Crippen LogP contribution is -2.49. The molecule has 2 aromatic rings. The summed E-state index contributed by atoms with van der Waals surface area (Å²) in [5.41, 5.74) is 1.41. The minimum Gasteiger partial charge on any atom is -0.449 e. The molecule has 3 rings (SSSR count). The Morgan fingerprint density at radius 2 is 1.93 bits per heavy atom. The van der Waals surface area contributed by atoms with E-state index in [1.807, 2.05) is 6.07 Å². The largest absolute Gasteiger partial charge is 0.511 e. The topological polar surface area (TPSA) is 73.6 Å². The highest BCUT2D eigenvalue weighted by molar-refractivity contribution is 6.30. The fourth-order valence-corrected chi connectivity index (χ4v) is 3.19. The normalized spacial score (nSPS) is 16.0. The number of benzene rings is 2. The Labute approximate surface area is 162 Å². The third kappa shape index (κ3) is 4.05. The highest BCUT2D eigenvalue weighted by Crippen LogP contribution is 2.42. The summed E-state index contributed by atoms with van der Waals surface area (Å²) in [7, 11) is 0. The Kier molecular flexibility index (Phi) is 5.21. The van der Waals surface area contributed by atoms with Crippen molar-refractivity contribution in [2.45, 2.75) is 18.8 Å². The van der Waals surface area contributed by atoms with E-state index in [4.69, 9.17) is 22.0 Å². The number of anilines is 1. The van der Waals surface area contributed by atoms with Gasteiger partial charge in [-0.25, -0.2) is 4.79 Å². The van der Waals surface area contributed by atoms with Gasteiger partial charge in [0.15, 0.2) is 6.04 Å². The van der Waals surface area contributed by atoms with E-state index in [1.54, 1.807) is 0 Å². The van der Waals surface area contributed by atoms with Crippen molar-refractivity contribution in [3.63, 3.8) is 0 Å². The van der Waals surface area contributed by atoms with Gasteiger partial charge >= 0.3 is 12.3 Å². The van der Waals surface area contributed by atoms with Gasteiger partial charge in [0.2, 0.25) is 0 Å². The molecule has 144 valence electrons. The first-order chi connectivity index (χ1) is 13.2. The number of nitriles is 1. The van der Waals surface area contributed by atoms with Gasteiger partial charge in [-0.2, -0.15) is 18.4 Å². The van der Waals surface area contributed by atoms with E-state index in [2.05, 4.69) is 4.74 Å². The molecule has 28 heavy (non-hydrogen) atoms. The number of halogens is 4. The van der Waals surface area contributed by atoms with E-state index in [-0.39, 0.29) is 17.3 Å². The lowest BCUT2D eigenvalue weighted by atomic mass is 9.99. The summed E-state index contributed by atoms with van der Waals surface area (Å²) in [6, 6.07) is 10.0. The maximum atomic E-state index is 13.9. The number of nitrogens with zero attached hydrogens (tertiary/aromatic N) is 2. The predicted molar refractivity (Wildman–Crippen MR) is 95.7 cm³/mol. The van der Waals surface area contributed by atoms with Crippen molar-refractivity contribution in [1.29, 1.82) is 5.26 Å². The van der Waals surface area contributed by atoms with Gasteiger partial charge in [-0.15, -0.1) is 0 Å².